The van der Waals surface area contributed by atoms with Crippen LogP contribution in [-0.4, -0.2) is 25.6 Å². The Morgan fingerprint density at radius 1 is 1.15 bits per heavy atom. The standard InChI is InChI=1S/C19H12N4O3S/c24-16-9-11(20-19-23(16)14-7-3-4-8-15(14)27-19)10-26-18(25)17-12-5-1-2-6-13(12)21-22-17/h1-9H,10H2,(H,21,22). The molecule has 0 aliphatic heterocycles. The quantitative estimate of drug-likeness (QED) is 0.489. The number of carbonyl (C=O) groups is 1. The van der Waals surface area contributed by atoms with E-state index in [1.165, 1.54) is 17.4 Å². The Bertz CT molecular complexity index is 1380. The highest BCUT2D eigenvalue weighted by Gasteiger charge is 2.16. The van der Waals surface area contributed by atoms with Crippen LogP contribution in [0.4, 0.5) is 0 Å². The van der Waals surface area contributed by atoms with Gasteiger partial charge in [-0.3, -0.25) is 14.3 Å². The fourth-order valence-electron chi connectivity index (χ4n) is 3.02. The van der Waals surface area contributed by atoms with Crippen LogP contribution in [0.2, 0.25) is 0 Å². The van der Waals surface area contributed by atoms with Crippen molar-refractivity contribution in [2.24, 2.45) is 0 Å². The molecule has 0 aliphatic carbocycles. The second-order valence-electron chi connectivity index (χ2n) is 5.97. The molecule has 1 N–H and O–H groups in total. The highest BCUT2D eigenvalue weighted by Crippen LogP contribution is 2.23. The number of carbonyl (C=O) groups excluding carboxylic acids is 1. The summed E-state index contributed by atoms with van der Waals surface area (Å²) < 4.78 is 7.86. The Hall–Kier alpha value is -3.52. The number of rotatable bonds is 3. The molecular formula is C19H12N4O3S. The van der Waals surface area contributed by atoms with Crippen LogP contribution in [0, 0.1) is 0 Å². The van der Waals surface area contributed by atoms with Gasteiger partial charge in [0.15, 0.2) is 10.7 Å². The molecule has 0 saturated carbocycles. The summed E-state index contributed by atoms with van der Waals surface area (Å²) in [6, 6.07) is 16.3. The predicted octanol–water partition coefficient (Wildman–Crippen LogP) is 3.14. The van der Waals surface area contributed by atoms with Crippen molar-refractivity contribution in [2.75, 3.05) is 0 Å². The highest BCUT2D eigenvalue weighted by molar-refractivity contribution is 7.23. The van der Waals surface area contributed by atoms with Gasteiger partial charge >= 0.3 is 5.97 Å². The number of hydrogen-bond acceptors (Lipinski definition) is 6. The minimum absolute atomic E-state index is 0.0972. The second kappa shape index (κ2) is 6.03. The van der Waals surface area contributed by atoms with Gasteiger partial charge in [-0.1, -0.05) is 41.7 Å². The number of fused-ring (bicyclic) bond motifs is 4. The van der Waals surface area contributed by atoms with Crippen LogP contribution in [0.25, 0.3) is 26.1 Å². The van der Waals surface area contributed by atoms with Gasteiger partial charge in [0.05, 0.1) is 21.4 Å². The molecule has 0 unspecified atom stereocenters. The fourth-order valence-corrected chi connectivity index (χ4v) is 4.07. The summed E-state index contributed by atoms with van der Waals surface area (Å²) in [4.78, 5) is 29.9. The molecule has 0 bridgehead atoms. The molecule has 0 saturated heterocycles. The van der Waals surface area contributed by atoms with Crippen molar-refractivity contribution in [1.82, 2.24) is 19.6 Å². The number of benzene rings is 2. The molecule has 3 aromatic heterocycles. The third-order valence-corrected chi connectivity index (χ3v) is 5.28. The topological polar surface area (TPSA) is 89.3 Å². The Balaban J connectivity index is 1.45. The summed E-state index contributed by atoms with van der Waals surface area (Å²) in [6.45, 7) is -0.0972. The summed E-state index contributed by atoms with van der Waals surface area (Å²) in [7, 11) is 0. The number of nitrogens with one attached hydrogen (secondary N) is 1. The Morgan fingerprint density at radius 2 is 1.96 bits per heavy atom. The fraction of sp³-hybridized carbons (Fsp3) is 0.0526. The third kappa shape index (κ3) is 2.58. The van der Waals surface area contributed by atoms with Gasteiger partial charge in [-0.25, -0.2) is 9.78 Å². The molecule has 0 fully saturated rings. The molecule has 8 heteroatoms. The van der Waals surface area contributed by atoms with Crippen LogP contribution in [0.5, 0.6) is 0 Å². The first-order valence-electron chi connectivity index (χ1n) is 8.21. The van der Waals surface area contributed by atoms with Gasteiger partial charge in [0.2, 0.25) is 0 Å². The maximum absolute atomic E-state index is 12.5. The van der Waals surface area contributed by atoms with E-state index in [2.05, 4.69) is 15.2 Å². The number of H-pyrrole nitrogens is 1. The smallest absolute Gasteiger partial charge is 0.359 e. The van der Waals surface area contributed by atoms with Gasteiger partial charge in [0, 0.05) is 11.5 Å². The van der Waals surface area contributed by atoms with E-state index in [1.807, 2.05) is 42.5 Å². The van der Waals surface area contributed by atoms with E-state index in [1.54, 1.807) is 10.5 Å². The first-order chi connectivity index (χ1) is 13.2. The lowest BCUT2D eigenvalue weighted by atomic mass is 10.2. The van der Waals surface area contributed by atoms with Gasteiger partial charge < -0.3 is 4.74 Å². The van der Waals surface area contributed by atoms with Crippen LogP contribution in [0.1, 0.15) is 16.2 Å². The summed E-state index contributed by atoms with van der Waals surface area (Å²) in [5.74, 6) is -0.564. The lowest BCUT2D eigenvalue weighted by Gasteiger charge is -2.03. The Morgan fingerprint density at radius 3 is 2.89 bits per heavy atom. The molecule has 5 aromatic rings. The summed E-state index contributed by atoms with van der Waals surface area (Å²) in [5, 5.41) is 7.51. The zero-order valence-electron chi connectivity index (χ0n) is 13.9. The summed E-state index contributed by atoms with van der Waals surface area (Å²) in [5.41, 5.74) is 1.99. The van der Waals surface area contributed by atoms with Crippen LogP contribution in [-0.2, 0) is 11.3 Å². The van der Waals surface area contributed by atoms with Gasteiger partial charge in [-0.15, -0.1) is 0 Å². The molecule has 27 heavy (non-hydrogen) atoms. The van der Waals surface area contributed by atoms with Crippen LogP contribution < -0.4 is 5.56 Å². The van der Waals surface area contributed by atoms with Crippen molar-refractivity contribution < 1.29 is 9.53 Å². The van der Waals surface area contributed by atoms with Crippen molar-refractivity contribution in [1.29, 1.82) is 0 Å². The van der Waals surface area contributed by atoms with E-state index < -0.39 is 5.97 Å². The average molecular weight is 376 g/mol. The number of thiazole rings is 1. The zero-order chi connectivity index (χ0) is 18.4. The van der Waals surface area contributed by atoms with Crippen molar-refractivity contribution in [3.63, 3.8) is 0 Å². The molecule has 3 heterocycles. The molecule has 5 rings (SSSR count). The van der Waals surface area contributed by atoms with E-state index in [4.69, 9.17) is 4.74 Å². The first-order valence-corrected chi connectivity index (χ1v) is 9.03. The average Bonchev–Trinajstić information content (AvgIpc) is 3.27. The van der Waals surface area contributed by atoms with Crippen LogP contribution in [0.3, 0.4) is 0 Å². The Kier molecular flexibility index (Phi) is 3.51. The molecule has 0 atom stereocenters. The maximum Gasteiger partial charge on any atom is 0.359 e. The molecule has 132 valence electrons. The lowest BCUT2D eigenvalue weighted by Crippen LogP contribution is -2.15. The number of aromatic amines is 1. The van der Waals surface area contributed by atoms with E-state index >= 15 is 0 Å². The molecule has 0 spiro atoms. The molecule has 0 radical (unpaired) electrons. The summed E-state index contributed by atoms with van der Waals surface area (Å²) >= 11 is 1.42. The molecule has 7 nitrogen and oxygen atoms in total. The number of nitrogens with zero attached hydrogens (tertiary/aromatic N) is 3. The van der Waals surface area contributed by atoms with E-state index in [-0.39, 0.29) is 17.9 Å². The van der Waals surface area contributed by atoms with Gasteiger partial charge in [0.25, 0.3) is 5.56 Å². The van der Waals surface area contributed by atoms with E-state index in [9.17, 15) is 9.59 Å². The van der Waals surface area contributed by atoms with Crippen molar-refractivity contribution in [2.45, 2.75) is 6.61 Å². The number of aromatic nitrogens is 4. The molecule has 2 aromatic carbocycles. The number of ether oxygens (including phenoxy) is 1. The highest BCUT2D eigenvalue weighted by atomic mass is 32.1. The monoisotopic (exact) mass is 376 g/mol. The van der Waals surface area contributed by atoms with Crippen LogP contribution >= 0.6 is 11.3 Å². The third-order valence-electron chi connectivity index (χ3n) is 4.26. The zero-order valence-corrected chi connectivity index (χ0v) is 14.7. The van der Waals surface area contributed by atoms with Crippen LogP contribution in [0.15, 0.2) is 59.4 Å². The van der Waals surface area contributed by atoms with E-state index in [0.29, 0.717) is 16.0 Å². The summed E-state index contributed by atoms with van der Waals surface area (Å²) in [6.07, 6.45) is 0. The van der Waals surface area contributed by atoms with Crippen molar-refractivity contribution in [3.05, 3.63) is 76.3 Å². The SMILES string of the molecule is O=C(OCc1cc(=O)n2c(n1)sc1ccccc12)c1n[nH]c2ccccc12. The van der Waals surface area contributed by atoms with E-state index in [0.717, 1.165) is 15.7 Å². The molecule has 0 amide bonds. The molecular weight excluding hydrogens is 364 g/mol. The largest absolute Gasteiger partial charge is 0.454 e. The normalized spacial score (nSPS) is 11.4. The maximum atomic E-state index is 12.5. The lowest BCUT2D eigenvalue weighted by molar-refractivity contribution is 0.0463. The second-order valence-corrected chi connectivity index (χ2v) is 6.98. The minimum Gasteiger partial charge on any atom is -0.454 e. The van der Waals surface area contributed by atoms with Crippen molar-refractivity contribution in [3.8, 4) is 0 Å². The van der Waals surface area contributed by atoms with Crippen molar-refractivity contribution >= 4 is 43.4 Å². The predicted molar refractivity (Wildman–Crippen MR) is 102 cm³/mol. The minimum atomic E-state index is -0.564. The van der Waals surface area contributed by atoms with Gasteiger partial charge in [-0.05, 0) is 18.2 Å². The number of para-hydroxylation sites is 2. The van der Waals surface area contributed by atoms with Gasteiger partial charge in [0.1, 0.15) is 6.61 Å². The number of hydrogen-bond donors (Lipinski definition) is 1. The molecule has 0 aliphatic rings. The Labute approximate surface area is 155 Å². The van der Waals surface area contributed by atoms with Gasteiger partial charge in [-0.2, -0.15) is 5.10 Å². The first kappa shape index (κ1) is 15.7. The number of esters is 1.